The number of hydrogen-bond donors (Lipinski definition) is 1. The molecule has 26 heavy (non-hydrogen) atoms. The predicted octanol–water partition coefficient (Wildman–Crippen LogP) is 1.78. The molecule has 1 fully saturated rings. The number of Topliss-reactive ketones (excluding diaryl/α,β-unsaturated/α-hetero) is 1. The Labute approximate surface area is 153 Å². The number of carbonyl (C=O) groups is 2. The summed E-state index contributed by atoms with van der Waals surface area (Å²) in [5.41, 5.74) is 0. The molecule has 0 spiro atoms. The fourth-order valence-electron chi connectivity index (χ4n) is 3.34. The maximum atomic E-state index is 13.0. The molecule has 1 saturated carbocycles. The van der Waals surface area contributed by atoms with Gasteiger partial charge in [0.05, 0.1) is 19.2 Å². The molecule has 1 N–H and O–H groups in total. The Bertz CT molecular complexity index is 658. The molecule has 1 atom stereocenters. The minimum Gasteiger partial charge on any atom is -0.383 e. The summed E-state index contributed by atoms with van der Waals surface area (Å²) >= 11 is 0. The van der Waals surface area contributed by atoms with Crippen molar-refractivity contribution in [2.75, 3.05) is 13.7 Å². The zero-order valence-electron chi connectivity index (χ0n) is 15.8. The first-order valence-electron chi connectivity index (χ1n) is 9.34. The zero-order valence-corrected chi connectivity index (χ0v) is 15.8. The monoisotopic (exact) mass is 367 g/mol. The van der Waals surface area contributed by atoms with E-state index in [1.165, 1.54) is 7.11 Å². The van der Waals surface area contributed by atoms with E-state index in [0.29, 0.717) is 6.42 Å². The number of ketones is 1. The summed E-state index contributed by atoms with van der Waals surface area (Å²) < 4.78 is 10.8. The Morgan fingerprint density at radius 3 is 2.62 bits per heavy atom. The SMILES string of the molecule is COCCn1c(C(=O)C(CC(C)C)NC(=O)C2CCCCC2)noc1=O. The summed E-state index contributed by atoms with van der Waals surface area (Å²) in [6, 6.07) is -0.720. The zero-order chi connectivity index (χ0) is 19.1. The van der Waals surface area contributed by atoms with Crippen molar-refractivity contribution in [1.29, 1.82) is 0 Å². The molecule has 2 rings (SSSR count). The van der Waals surface area contributed by atoms with Crippen LogP contribution in [0, 0.1) is 11.8 Å². The van der Waals surface area contributed by atoms with Gasteiger partial charge in [-0.2, -0.15) is 0 Å². The van der Waals surface area contributed by atoms with E-state index in [2.05, 4.69) is 15.0 Å². The van der Waals surface area contributed by atoms with Crippen molar-refractivity contribution < 1.29 is 18.8 Å². The van der Waals surface area contributed by atoms with Crippen LogP contribution in [-0.2, 0) is 16.1 Å². The highest BCUT2D eigenvalue weighted by molar-refractivity contribution is 5.99. The second-order valence-electron chi connectivity index (χ2n) is 7.31. The van der Waals surface area contributed by atoms with Crippen molar-refractivity contribution in [3.8, 4) is 0 Å². The molecule has 1 aliphatic carbocycles. The third kappa shape index (κ3) is 5.27. The number of hydrogen-bond acceptors (Lipinski definition) is 6. The summed E-state index contributed by atoms with van der Waals surface area (Å²) in [7, 11) is 1.51. The number of nitrogens with one attached hydrogen (secondary N) is 1. The van der Waals surface area contributed by atoms with Crippen LogP contribution in [0.2, 0.25) is 0 Å². The van der Waals surface area contributed by atoms with Crippen molar-refractivity contribution in [3.63, 3.8) is 0 Å². The number of nitrogens with zero attached hydrogens (tertiary/aromatic N) is 2. The third-order valence-electron chi connectivity index (χ3n) is 4.74. The summed E-state index contributed by atoms with van der Waals surface area (Å²) in [6.07, 6.45) is 5.43. The number of rotatable bonds is 9. The molecular formula is C18H29N3O5. The number of carbonyl (C=O) groups excluding carboxylic acids is 2. The molecule has 1 heterocycles. The average Bonchev–Trinajstić information content (AvgIpc) is 2.99. The topological polar surface area (TPSA) is 103 Å². The molecular weight excluding hydrogens is 338 g/mol. The van der Waals surface area contributed by atoms with Crippen LogP contribution >= 0.6 is 0 Å². The molecule has 1 unspecified atom stereocenters. The van der Waals surface area contributed by atoms with Crippen LogP contribution < -0.4 is 11.1 Å². The molecule has 0 aromatic carbocycles. The van der Waals surface area contributed by atoms with Gasteiger partial charge >= 0.3 is 5.76 Å². The lowest BCUT2D eigenvalue weighted by Crippen LogP contribution is -2.45. The van der Waals surface area contributed by atoms with Crippen LogP contribution in [-0.4, -0.2) is 41.2 Å². The van der Waals surface area contributed by atoms with E-state index in [9.17, 15) is 14.4 Å². The molecule has 0 bridgehead atoms. The standard InChI is InChI=1S/C18H29N3O5/c1-12(2)11-14(19-17(23)13-7-5-4-6-8-13)15(22)16-20-26-18(24)21(16)9-10-25-3/h12-14H,4-11H2,1-3H3,(H,19,23). The number of methoxy groups -OCH3 is 1. The van der Waals surface area contributed by atoms with E-state index < -0.39 is 17.6 Å². The molecule has 1 amide bonds. The second-order valence-corrected chi connectivity index (χ2v) is 7.31. The van der Waals surface area contributed by atoms with Crippen LogP contribution in [0.3, 0.4) is 0 Å². The first kappa shape index (κ1) is 20.4. The Kier molecular flexibility index (Phi) is 7.56. The van der Waals surface area contributed by atoms with Crippen LogP contribution in [0.15, 0.2) is 9.32 Å². The van der Waals surface area contributed by atoms with Crippen LogP contribution in [0.4, 0.5) is 0 Å². The Balaban J connectivity index is 2.16. The summed E-state index contributed by atoms with van der Waals surface area (Å²) in [6.45, 7) is 4.39. The molecule has 0 aliphatic heterocycles. The molecule has 1 aliphatic rings. The van der Waals surface area contributed by atoms with E-state index in [-0.39, 0.29) is 36.7 Å². The average molecular weight is 367 g/mol. The molecule has 0 saturated heterocycles. The Morgan fingerprint density at radius 2 is 2.00 bits per heavy atom. The van der Waals surface area contributed by atoms with Gasteiger partial charge in [0.15, 0.2) is 0 Å². The van der Waals surface area contributed by atoms with Gasteiger partial charge in [-0.15, -0.1) is 0 Å². The fraction of sp³-hybridized carbons (Fsp3) is 0.778. The van der Waals surface area contributed by atoms with Crippen molar-refractivity contribution in [1.82, 2.24) is 15.0 Å². The Hall–Kier alpha value is -1.96. The van der Waals surface area contributed by atoms with Gasteiger partial charge in [-0.05, 0) is 25.2 Å². The number of amides is 1. The van der Waals surface area contributed by atoms with Gasteiger partial charge in [-0.1, -0.05) is 38.3 Å². The van der Waals surface area contributed by atoms with Crippen LogP contribution in [0.25, 0.3) is 0 Å². The van der Waals surface area contributed by atoms with Crippen LogP contribution in [0.5, 0.6) is 0 Å². The maximum absolute atomic E-state index is 13.0. The lowest BCUT2D eigenvalue weighted by Gasteiger charge is -2.25. The molecule has 1 aromatic rings. The highest BCUT2D eigenvalue weighted by Crippen LogP contribution is 2.24. The van der Waals surface area contributed by atoms with E-state index in [1.807, 2.05) is 13.8 Å². The largest absolute Gasteiger partial charge is 0.442 e. The highest BCUT2D eigenvalue weighted by atomic mass is 16.5. The van der Waals surface area contributed by atoms with Crippen molar-refractivity contribution in [3.05, 3.63) is 16.4 Å². The normalized spacial score (nSPS) is 16.6. The van der Waals surface area contributed by atoms with Gasteiger partial charge in [0.1, 0.15) is 0 Å². The minimum absolute atomic E-state index is 0.0424. The fourth-order valence-corrected chi connectivity index (χ4v) is 3.34. The van der Waals surface area contributed by atoms with E-state index >= 15 is 0 Å². The van der Waals surface area contributed by atoms with E-state index in [1.54, 1.807) is 0 Å². The van der Waals surface area contributed by atoms with E-state index in [4.69, 9.17) is 4.74 Å². The van der Waals surface area contributed by atoms with Gasteiger partial charge in [0.2, 0.25) is 17.5 Å². The second kappa shape index (κ2) is 9.66. The first-order valence-corrected chi connectivity index (χ1v) is 9.34. The summed E-state index contributed by atoms with van der Waals surface area (Å²) in [5.74, 6) is -1.10. The Morgan fingerprint density at radius 1 is 1.31 bits per heavy atom. The lowest BCUT2D eigenvalue weighted by atomic mass is 9.88. The lowest BCUT2D eigenvalue weighted by molar-refractivity contribution is -0.126. The van der Waals surface area contributed by atoms with Crippen molar-refractivity contribution >= 4 is 11.7 Å². The molecule has 146 valence electrons. The van der Waals surface area contributed by atoms with Gasteiger partial charge in [-0.25, -0.2) is 4.79 Å². The van der Waals surface area contributed by atoms with Crippen molar-refractivity contribution in [2.24, 2.45) is 11.8 Å². The molecule has 1 aromatic heterocycles. The predicted molar refractivity (Wildman–Crippen MR) is 94.9 cm³/mol. The summed E-state index contributed by atoms with van der Waals surface area (Å²) in [5, 5.41) is 6.53. The van der Waals surface area contributed by atoms with Gasteiger partial charge in [0.25, 0.3) is 0 Å². The molecule has 8 nitrogen and oxygen atoms in total. The van der Waals surface area contributed by atoms with Gasteiger partial charge in [0, 0.05) is 13.0 Å². The quantitative estimate of drug-likeness (QED) is 0.667. The van der Waals surface area contributed by atoms with Gasteiger partial charge in [-0.3, -0.25) is 18.7 Å². The summed E-state index contributed by atoms with van der Waals surface area (Å²) in [4.78, 5) is 37.4. The highest BCUT2D eigenvalue weighted by Gasteiger charge is 2.31. The van der Waals surface area contributed by atoms with Crippen LogP contribution in [0.1, 0.15) is 63.0 Å². The number of ether oxygens (including phenoxy) is 1. The third-order valence-corrected chi connectivity index (χ3v) is 4.74. The first-order chi connectivity index (χ1) is 12.4. The minimum atomic E-state index is -0.720. The van der Waals surface area contributed by atoms with Crippen molar-refractivity contribution in [2.45, 2.75) is 65.0 Å². The van der Waals surface area contributed by atoms with Gasteiger partial charge < -0.3 is 10.1 Å². The van der Waals surface area contributed by atoms with E-state index in [0.717, 1.165) is 36.7 Å². The molecule has 0 radical (unpaired) electrons. The number of aromatic nitrogens is 2. The smallest absolute Gasteiger partial charge is 0.383 e. The maximum Gasteiger partial charge on any atom is 0.442 e. The molecule has 8 heteroatoms.